The van der Waals surface area contributed by atoms with Crippen molar-refractivity contribution in [2.24, 2.45) is 0 Å². The summed E-state index contributed by atoms with van der Waals surface area (Å²) in [5.74, 6) is 0.714. The summed E-state index contributed by atoms with van der Waals surface area (Å²) in [7, 11) is 0. The van der Waals surface area contributed by atoms with Crippen LogP contribution in [-0.4, -0.2) is 9.97 Å². The molecule has 1 aliphatic carbocycles. The van der Waals surface area contributed by atoms with Gasteiger partial charge in [0, 0.05) is 16.7 Å². The topological polar surface area (TPSA) is 25.8 Å². The first-order chi connectivity index (χ1) is 26.7. The van der Waals surface area contributed by atoms with Crippen LogP contribution < -0.4 is 0 Å². The molecule has 1 aromatic heterocycles. The normalized spacial score (nSPS) is 11.7. The van der Waals surface area contributed by atoms with Crippen LogP contribution in [0.4, 0.5) is 0 Å². The van der Waals surface area contributed by atoms with E-state index in [0.717, 1.165) is 40.1 Å². The van der Waals surface area contributed by atoms with Gasteiger partial charge in [-0.25, -0.2) is 9.97 Å². The highest BCUT2D eigenvalue weighted by atomic mass is 14.9. The molecule has 1 aliphatic rings. The highest BCUT2D eigenvalue weighted by Gasteiger charge is 2.25. The fourth-order valence-corrected chi connectivity index (χ4v) is 8.09. The molecule has 9 aromatic rings. The third-order valence-electron chi connectivity index (χ3n) is 10.8. The first kappa shape index (κ1) is 31.8. The van der Waals surface area contributed by atoms with Gasteiger partial charge in [0.1, 0.15) is 0 Å². The SMILES string of the molecule is Cc1ccc(-c2cc3c(c4ccccc24)Cc2cccc(-c4ccc(-c5cc(-c6cccc(-c7ccccc7)c6)nc(-c6ccccc6)n5)cc4)c2-3)cc1. The third-order valence-corrected chi connectivity index (χ3v) is 10.8. The number of benzene rings is 8. The first-order valence-electron chi connectivity index (χ1n) is 18.6. The van der Waals surface area contributed by atoms with E-state index in [1.165, 1.54) is 66.4 Å². The smallest absolute Gasteiger partial charge is 0.160 e. The van der Waals surface area contributed by atoms with Crippen molar-refractivity contribution in [3.05, 3.63) is 205 Å². The van der Waals surface area contributed by atoms with Gasteiger partial charge in [0.25, 0.3) is 0 Å². The maximum Gasteiger partial charge on any atom is 0.160 e. The Morgan fingerprint density at radius 2 is 0.944 bits per heavy atom. The molecule has 0 N–H and O–H groups in total. The number of aryl methyl sites for hydroxylation is 1. The van der Waals surface area contributed by atoms with Gasteiger partial charge >= 0.3 is 0 Å². The quantitative estimate of drug-likeness (QED) is 0.174. The molecule has 0 radical (unpaired) electrons. The van der Waals surface area contributed by atoms with Crippen molar-refractivity contribution in [2.45, 2.75) is 13.3 Å². The number of aromatic nitrogens is 2. The second-order valence-electron chi connectivity index (χ2n) is 14.2. The van der Waals surface area contributed by atoms with E-state index in [1.54, 1.807) is 0 Å². The Bertz CT molecular complexity index is 2820. The van der Waals surface area contributed by atoms with Crippen molar-refractivity contribution in [3.8, 4) is 78.4 Å². The molecule has 0 aliphatic heterocycles. The van der Waals surface area contributed by atoms with Gasteiger partial charge in [0.15, 0.2) is 5.82 Å². The summed E-state index contributed by atoms with van der Waals surface area (Å²) < 4.78 is 0. The minimum Gasteiger partial charge on any atom is -0.228 e. The third kappa shape index (κ3) is 5.70. The van der Waals surface area contributed by atoms with E-state index in [-0.39, 0.29) is 0 Å². The molecule has 2 heteroatoms. The molecule has 254 valence electrons. The molecule has 0 amide bonds. The Labute approximate surface area is 316 Å². The van der Waals surface area contributed by atoms with Gasteiger partial charge in [-0.3, -0.25) is 0 Å². The van der Waals surface area contributed by atoms with E-state index >= 15 is 0 Å². The van der Waals surface area contributed by atoms with Crippen LogP contribution in [0.1, 0.15) is 16.7 Å². The van der Waals surface area contributed by atoms with Gasteiger partial charge in [-0.1, -0.05) is 175 Å². The summed E-state index contributed by atoms with van der Waals surface area (Å²) in [6, 6.07) is 67.5. The summed E-state index contributed by atoms with van der Waals surface area (Å²) >= 11 is 0. The maximum atomic E-state index is 5.13. The van der Waals surface area contributed by atoms with Gasteiger partial charge in [-0.15, -0.1) is 0 Å². The molecular formula is C52H36N2. The number of rotatable bonds is 6. The van der Waals surface area contributed by atoms with Crippen molar-refractivity contribution in [3.63, 3.8) is 0 Å². The van der Waals surface area contributed by atoms with Crippen LogP contribution in [-0.2, 0) is 6.42 Å². The highest BCUT2D eigenvalue weighted by Crippen LogP contribution is 2.48. The minimum absolute atomic E-state index is 0.714. The maximum absolute atomic E-state index is 5.13. The summed E-state index contributed by atoms with van der Waals surface area (Å²) in [5.41, 5.74) is 19.0. The number of fused-ring (bicyclic) bond motifs is 5. The van der Waals surface area contributed by atoms with E-state index in [2.05, 4.69) is 177 Å². The standard InChI is InChI=1S/C52H36N2/c1-34-22-24-37(25-23-34)46-32-48-47(45-20-9-8-19-44(45)46)31-42-18-11-21-43(51(42)48)36-26-28-38(29-27-36)49-33-50(54-52(53-49)39-14-6-3-7-15-39)41-17-10-16-40(30-41)35-12-4-2-5-13-35/h2-30,32-33H,31H2,1H3. The first-order valence-corrected chi connectivity index (χ1v) is 18.6. The van der Waals surface area contributed by atoms with Crippen LogP contribution in [0, 0.1) is 6.92 Å². The molecule has 0 fully saturated rings. The van der Waals surface area contributed by atoms with Crippen molar-refractivity contribution in [1.82, 2.24) is 9.97 Å². The molecule has 2 nitrogen and oxygen atoms in total. The van der Waals surface area contributed by atoms with E-state index in [0.29, 0.717) is 5.82 Å². The lowest BCUT2D eigenvalue weighted by Crippen LogP contribution is -1.96. The number of hydrogen-bond acceptors (Lipinski definition) is 2. The van der Waals surface area contributed by atoms with Crippen molar-refractivity contribution in [1.29, 1.82) is 0 Å². The lowest BCUT2D eigenvalue weighted by molar-refractivity contribution is 1.18. The minimum atomic E-state index is 0.714. The Balaban J connectivity index is 1.07. The fourth-order valence-electron chi connectivity index (χ4n) is 8.09. The molecule has 0 atom stereocenters. The van der Waals surface area contributed by atoms with Gasteiger partial charge in [0.05, 0.1) is 11.4 Å². The van der Waals surface area contributed by atoms with E-state index in [4.69, 9.17) is 9.97 Å². The second-order valence-corrected chi connectivity index (χ2v) is 14.2. The van der Waals surface area contributed by atoms with Gasteiger partial charge in [-0.2, -0.15) is 0 Å². The predicted octanol–water partition coefficient (Wildman–Crippen LogP) is 13.5. The Hall–Kier alpha value is -6.90. The van der Waals surface area contributed by atoms with Crippen LogP contribution in [0.2, 0.25) is 0 Å². The van der Waals surface area contributed by atoms with E-state index in [1.807, 2.05) is 18.2 Å². The average molecular weight is 689 g/mol. The average Bonchev–Trinajstić information content (AvgIpc) is 3.63. The zero-order valence-corrected chi connectivity index (χ0v) is 30.0. The van der Waals surface area contributed by atoms with Crippen LogP contribution in [0.25, 0.3) is 89.2 Å². The van der Waals surface area contributed by atoms with E-state index in [9.17, 15) is 0 Å². The molecule has 0 unspecified atom stereocenters. The number of hydrogen-bond donors (Lipinski definition) is 0. The van der Waals surface area contributed by atoms with Gasteiger partial charge in [-0.05, 0) is 98.0 Å². The molecule has 0 saturated carbocycles. The Morgan fingerprint density at radius 1 is 0.370 bits per heavy atom. The molecule has 0 bridgehead atoms. The molecule has 54 heavy (non-hydrogen) atoms. The second kappa shape index (κ2) is 13.3. The summed E-state index contributed by atoms with van der Waals surface area (Å²) in [5, 5.41) is 2.65. The van der Waals surface area contributed by atoms with Crippen LogP contribution >= 0.6 is 0 Å². The zero-order valence-electron chi connectivity index (χ0n) is 30.0. The Morgan fingerprint density at radius 3 is 1.70 bits per heavy atom. The van der Waals surface area contributed by atoms with Gasteiger partial charge in [0.2, 0.25) is 0 Å². The zero-order chi connectivity index (χ0) is 36.0. The summed E-state index contributed by atoms with van der Waals surface area (Å²) in [4.78, 5) is 10.2. The number of nitrogens with zero attached hydrogens (tertiary/aromatic N) is 2. The molecule has 0 saturated heterocycles. The molecule has 8 aromatic carbocycles. The molecule has 1 heterocycles. The fraction of sp³-hybridized carbons (Fsp3) is 0.0385. The molecule has 10 rings (SSSR count). The van der Waals surface area contributed by atoms with Crippen molar-refractivity contribution < 1.29 is 0 Å². The summed E-state index contributed by atoms with van der Waals surface area (Å²) in [6.45, 7) is 2.15. The Kier molecular flexibility index (Phi) is 7.81. The highest BCUT2D eigenvalue weighted by molar-refractivity contribution is 6.06. The molecular weight excluding hydrogens is 653 g/mol. The summed E-state index contributed by atoms with van der Waals surface area (Å²) in [6.07, 6.45) is 0.933. The molecule has 0 spiro atoms. The van der Waals surface area contributed by atoms with Crippen molar-refractivity contribution >= 4 is 10.8 Å². The lowest BCUT2D eigenvalue weighted by Gasteiger charge is -2.15. The van der Waals surface area contributed by atoms with Crippen LogP contribution in [0.3, 0.4) is 0 Å². The lowest BCUT2D eigenvalue weighted by atomic mass is 9.89. The van der Waals surface area contributed by atoms with E-state index < -0.39 is 0 Å². The van der Waals surface area contributed by atoms with Crippen molar-refractivity contribution in [2.75, 3.05) is 0 Å². The predicted molar refractivity (Wildman–Crippen MR) is 225 cm³/mol. The van der Waals surface area contributed by atoms with Gasteiger partial charge < -0.3 is 0 Å². The van der Waals surface area contributed by atoms with Crippen LogP contribution in [0.5, 0.6) is 0 Å². The largest absolute Gasteiger partial charge is 0.228 e. The monoisotopic (exact) mass is 688 g/mol. The van der Waals surface area contributed by atoms with Crippen LogP contribution in [0.15, 0.2) is 188 Å².